The average molecular weight is 431 g/mol. The molecular weight excluding hydrogens is 397 g/mol. The summed E-state index contributed by atoms with van der Waals surface area (Å²) in [6.45, 7) is 2.23. The molecule has 1 aliphatic carbocycles. The molecule has 0 radical (unpaired) electrons. The van der Waals surface area contributed by atoms with E-state index < -0.39 is 12.7 Å². The molecular formula is C26H34BN3O2. The SMILES string of the molecule is CN(C)c1ccc(C2(c3ccc(N(C)C)cc3)OB(O)C3=C2CC(C)(N(C)C)C=C3)cc1. The third-order valence-electron chi connectivity index (χ3n) is 7.09. The van der Waals surface area contributed by atoms with Crippen molar-refractivity contribution in [3.8, 4) is 0 Å². The molecule has 168 valence electrons. The lowest BCUT2D eigenvalue weighted by atomic mass is 9.67. The summed E-state index contributed by atoms with van der Waals surface area (Å²) in [5, 5.41) is 11.0. The number of hydrogen-bond donors (Lipinski definition) is 1. The van der Waals surface area contributed by atoms with Crippen LogP contribution in [0.3, 0.4) is 0 Å². The van der Waals surface area contributed by atoms with Crippen molar-refractivity contribution in [3.05, 3.63) is 82.9 Å². The number of allylic oxidation sites excluding steroid dienone is 2. The van der Waals surface area contributed by atoms with Crippen LogP contribution < -0.4 is 9.80 Å². The van der Waals surface area contributed by atoms with Crippen molar-refractivity contribution in [2.24, 2.45) is 0 Å². The third kappa shape index (κ3) is 3.56. The standard InChI is InChI=1S/C26H34BN3O2/c1-25(30(6)7)17-16-24-23(18-25)26(32-27(24)31,19-8-12-21(13-9-19)28(2)3)20-10-14-22(15-11-20)29(4)5/h8-17,31H,18H2,1-7H3. The third-order valence-corrected chi connectivity index (χ3v) is 7.09. The molecule has 1 heterocycles. The van der Waals surface area contributed by atoms with E-state index in [4.69, 9.17) is 4.65 Å². The van der Waals surface area contributed by atoms with Crippen molar-refractivity contribution in [2.45, 2.75) is 24.5 Å². The molecule has 1 aliphatic heterocycles. The molecule has 0 spiro atoms. The molecule has 6 heteroatoms. The van der Waals surface area contributed by atoms with Crippen LogP contribution in [-0.2, 0) is 10.3 Å². The number of likely N-dealkylation sites (N-methyl/N-ethyl adjacent to an activating group) is 1. The van der Waals surface area contributed by atoms with Crippen molar-refractivity contribution < 1.29 is 9.68 Å². The molecule has 4 rings (SSSR count). The molecule has 5 nitrogen and oxygen atoms in total. The van der Waals surface area contributed by atoms with E-state index in [0.717, 1.165) is 40.0 Å². The minimum Gasteiger partial charge on any atom is -0.423 e. The smallest absolute Gasteiger partial charge is 0.423 e. The van der Waals surface area contributed by atoms with E-state index in [0.29, 0.717) is 0 Å². The Bertz CT molecular complexity index is 990. The predicted octanol–water partition coefficient (Wildman–Crippen LogP) is 3.69. The fourth-order valence-corrected chi connectivity index (χ4v) is 4.70. The molecule has 32 heavy (non-hydrogen) atoms. The Hall–Kier alpha value is -2.54. The Balaban J connectivity index is 1.92. The Labute approximate surface area is 192 Å². The van der Waals surface area contributed by atoms with E-state index >= 15 is 0 Å². The van der Waals surface area contributed by atoms with Gasteiger partial charge in [0.25, 0.3) is 0 Å². The fraction of sp³-hybridized carbons (Fsp3) is 0.385. The summed E-state index contributed by atoms with van der Waals surface area (Å²) in [5.74, 6) is 0. The van der Waals surface area contributed by atoms with Crippen molar-refractivity contribution in [1.82, 2.24) is 4.90 Å². The van der Waals surface area contributed by atoms with Gasteiger partial charge in [-0.15, -0.1) is 0 Å². The number of hydrogen-bond acceptors (Lipinski definition) is 5. The van der Waals surface area contributed by atoms with E-state index in [2.05, 4.69) is 90.3 Å². The molecule has 0 fully saturated rings. The lowest BCUT2D eigenvalue weighted by Crippen LogP contribution is -2.43. The van der Waals surface area contributed by atoms with Crippen molar-refractivity contribution in [2.75, 3.05) is 52.1 Å². The normalized spacial score (nSPS) is 21.8. The molecule has 0 saturated heterocycles. The van der Waals surface area contributed by atoms with Gasteiger partial charge in [0.1, 0.15) is 5.60 Å². The number of rotatable bonds is 5. The summed E-state index contributed by atoms with van der Waals surface area (Å²) in [6.07, 6.45) is 5.00. The van der Waals surface area contributed by atoms with Gasteiger partial charge in [-0.3, -0.25) is 0 Å². The number of benzene rings is 2. The Morgan fingerprint density at radius 1 is 0.812 bits per heavy atom. The molecule has 0 bridgehead atoms. The highest BCUT2D eigenvalue weighted by Crippen LogP contribution is 2.52. The Morgan fingerprint density at radius 2 is 1.28 bits per heavy atom. The monoisotopic (exact) mass is 431 g/mol. The number of nitrogens with zero attached hydrogens (tertiary/aromatic N) is 3. The second-order valence-electron chi connectivity index (χ2n) is 9.73. The van der Waals surface area contributed by atoms with Gasteiger partial charge in [0.05, 0.1) is 0 Å². The first-order valence-corrected chi connectivity index (χ1v) is 11.1. The molecule has 1 N–H and O–H groups in total. The van der Waals surface area contributed by atoms with E-state index in [1.165, 1.54) is 0 Å². The first-order valence-electron chi connectivity index (χ1n) is 11.1. The predicted molar refractivity (Wildman–Crippen MR) is 134 cm³/mol. The maximum absolute atomic E-state index is 11.0. The molecule has 2 aromatic rings. The minimum absolute atomic E-state index is 0.162. The second-order valence-corrected chi connectivity index (χ2v) is 9.73. The summed E-state index contributed by atoms with van der Waals surface area (Å²) >= 11 is 0. The zero-order valence-electron chi connectivity index (χ0n) is 20.3. The maximum Gasteiger partial charge on any atom is 0.492 e. The highest BCUT2D eigenvalue weighted by atomic mass is 16.5. The average Bonchev–Trinajstić information content (AvgIpc) is 3.06. The van der Waals surface area contributed by atoms with Crippen molar-refractivity contribution >= 4 is 18.5 Å². The van der Waals surface area contributed by atoms with E-state index in [-0.39, 0.29) is 5.54 Å². The summed E-state index contributed by atoms with van der Waals surface area (Å²) in [7, 11) is 11.4. The van der Waals surface area contributed by atoms with E-state index in [9.17, 15) is 5.02 Å². The zero-order chi connectivity index (χ0) is 23.3. The van der Waals surface area contributed by atoms with Gasteiger partial charge in [-0.2, -0.15) is 0 Å². The van der Waals surface area contributed by atoms with Gasteiger partial charge in [0.2, 0.25) is 0 Å². The van der Waals surface area contributed by atoms with Crippen molar-refractivity contribution in [1.29, 1.82) is 0 Å². The molecule has 1 atom stereocenters. The molecule has 0 aromatic heterocycles. The van der Waals surface area contributed by atoms with Crippen LogP contribution in [0.25, 0.3) is 0 Å². The van der Waals surface area contributed by atoms with Crippen LogP contribution in [0.5, 0.6) is 0 Å². The second kappa shape index (κ2) is 8.11. The molecule has 1 unspecified atom stereocenters. The Morgan fingerprint density at radius 3 is 1.69 bits per heavy atom. The summed E-state index contributed by atoms with van der Waals surface area (Å²) in [4.78, 5) is 6.40. The van der Waals surface area contributed by atoms with Gasteiger partial charge in [-0.25, -0.2) is 0 Å². The quantitative estimate of drug-likeness (QED) is 0.732. The summed E-state index contributed by atoms with van der Waals surface area (Å²) in [5.41, 5.74) is 5.30. The van der Waals surface area contributed by atoms with Gasteiger partial charge in [-0.05, 0) is 73.9 Å². The topological polar surface area (TPSA) is 39.2 Å². The van der Waals surface area contributed by atoms with Crippen LogP contribution in [0.15, 0.2) is 71.7 Å². The first kappa shape index (κ1) is 22.7. The number of anilines is 2. The highest BCUT2D eigenvalue weighted by molar-refractivity contribution is 6.55. The zero-order valence-corrected chi connectivity index (χ0v) is 20.3. The largest absolute Gasteiger partial charge is 0.492 e. The van der Waals surface area contributed by atoms with Gasteiger partial charge >= 0.3 is 7.12 Å². The highest BCUT2D eigenvalue weighted by Gasteiger charge is 2.53. The first-order chi connectivity index (χ1) is 15.1. The maximum atomic E-state index is 11.0. The van der Waals surface area contributed by atoms with Crippen LogP contribution in [0.4, 0.5) is 11.4 Å². The van der Waals surface area contributed by atoms with Crippen LogP contribution in [-0.4, -0.2) is 64.9 Å². The lowest BCUT2D eigenvalue weighted by molar-refractivity contribution is 0.124. The fourth-order valence-electron chi connectivity index (χ4n) is 4.70. The van der Waals surface area contributed by atoms with Gasteiger partial charge in [-0.1, -0.05) is 36.4 Å². The van der Waals surface area contributed by atoms with Crippen LogP contribution in [0.2, 0.25) is 0 Å². The summed E-state index contributed by atoms with van der Waals surface area (Å²) in [6, 6.07) is 17.0. The molecule has 0 saturated carbocycles. The molecule has 2 aromatic carbocycles. The van der Waals surface area contributed by atoms with Crippen molar-refractivity contribution in [3.63, 3.8) is 0 Å². The summed E-state index contributed by atoms with van der Waals surface area (Å²) < 4.78 is 6.53. The van der Waals surface area contributed by atoms with Gasteiger partial charge in [0.15, 0.2) is 0 Å². The minimum atomic E-state index is -0.963. The van der Waals surface area contributed by atoms with Gasteiger partial charge < -0.3 is 24.4 Å². The van der Waals surface area contributed by atoms with Gasteiger partial charge in [0, 0.05) is 45.1 Å². The van der Waals surface area contributed by atoms with Crippen LogP contribution in [0, 0.1) is 0 Å². The molecule has 2 aliphatic rings. The lowest BCUT2D eigenvalue weighted by Gasteiger charge is -2.42. The van der Waals surface area contributed by atoms with E-state index in [1.54, 1.807) is 0 Å². The molecule has 0 amide bonds. The van der Waals surface area contributed by atoms with Crippen LogP contribution in [0.1, 0.15) is 24.5 Å². The Kier molecular flexibility index (Phi) is 5.74. The van der Waals surface area contributed by atoms with E-state index in [1.807, 2.05) is 34.3 Å². The van der Waals surface area contributed by atoms with Crippen LogP contribution >= 0.6 is 0 Å².